The van der Waals surface area contributed by atoms with Crippen molar-refractivity contribution in [1.29, 1.82) is 0 Å². The molecule has 0 radical (unpaired) electrons. The SMILES string of the molecule is CCO[C@H](CCN(C)C(=O)NC[C@@H](N)C[C@H]1CCCCOC1)c1cccc(Cl)c1. The molecule has 0 aromatic heterocycles. The van der Waals surface area contributed by atoms with Crippen LogP contribution in [0.1, 0.15) is 50.7 Å². The quantitative estimate of drug-likeness (QED) is 0.594. The first-order chi connectivity index (χ1) is 14.0. The number of halogens is 1. The van der Waals surface area contributed by atoms with Gasteiger partial charge in [0, 0.05) is 51.0 Å². The van der Waals surface area contributed by atoms with Crippen LogP contribution in [0, 0.1) is 5.92 Å². The van der Waals surface area contributed by atoms with Crippen LogP contribution in [0.5, 0.6) is 0 Å². The van der Waals surface area contributed by atoms with E-state index in [1.165, 1.54) is 6.42 Å². The van der Waals surface area contributed by atoms with Crippen molar-refractivity contribution in [3.05, 3.63) is 34.9 Å². The van der Waals surface area contributed by atoms with E-state index in [1.54, 1.807) is 11.9 Å². The number of carbonyl (C=O) groups excluding carboxylic acids is 1. The number of urea groups is 1. The average molecular weight is 426 g/mol. The van der Waals surface area contributed by atoms with E-state index in [2.05, 4.69) is 5.32 Å². The van der Waals surface area contributed by atoms with Gasteiger partial charge in [-0.2, -0.15) is 0 Å². The van der Waals surface area contributed by atoms with Crippen LogP contribution in [0.15, 0.2) is 24.3 Å². The first-order valence-corrected chi connectivity index (χ1v) is 11.1. The first-order valence-electron chi connectivity index (χ1n) is 10.7. The summed E-state index contributed by atoms with van der Waals surface area (Å²) in [6.07, 6.45) is 4.97. The van der Waals surface area contributed by atoms with E-state index in [1.807, 2.05) is 31.2 Å². The molecule has 0 spiro atoms. The van der Waals surface area contributed by atoms with Crippen LogP contribution in [0.4, 0.5) is 4.79 Å². The molecule has 1 aromatic carbocycles. The maximum absolute atomic E-state index is 12.4. The fraction of sp³-hybridized carbons (Fsp3) is 0.682. The van der Waals surface area contributed by atoms with Crippen molar-refractivity contribution in [3.63, 3.8) is 0 Å². The van der Waals surface area contributed by atoms with Crippen LogP contribution >= 0.6 is 11.6 Å². The molecule has 1 saturated heterocycles. The minimum absolute atomic E-state index is 0.0540. The molecule has 1 heterocycles. The highest BCUT2D eigenvalue weighted by Crippen LogP contribution is 2.24. The lowest BCUT2D eigenvalue weighted by Crippen LogP contribution is -2.44. The maximum atomic E-state index is 12.4. The second kappa shape index (κ2) is 13.1. The molecule has 2 amide bonds. The van der Waals surface area contributed by atoms with Crippen LogP contribution in [-0.4, -0.2) is 56.9 Å². The van der Waals surface area contributed by atoms with E-state index >= 15 is 0 Å². The summed E-state index contributed by atoms with van der Waals surface area (Å²) in [5, 5.41) is 3.64. The third-order valence-corrected chi connectivity index (χ3v) is 5.55. The summed E-state index contributed by atoms with van der Waals surface area (Å²) in [5.41, 5.74) is 7.26. The lowest BCUT2D eigenvalue weighted by molar-refractivity contribution is 0.0515. The number of hydrogen-bond acceptors (Lipinski definition) is 4. The highest BCUT2D eigenvalue weighted by molar-refractivity contribution is 6.30. The lowest BCUT2D eigenvalue weighted by atomic mass is 9.96. The molecule has 1 aliphatic heterocycles. The molecule has 7 heteroatoms. The van der Waals surface area contributed by atoms with Crippen LogP contribution < -0.4 is 11.1 Å². The zero-order valence-corrected chi connectivity index (χ0v) is 18.5. The Hall–Kier alpha value is -1.34. The molecule has 0 unspecified atom stereocenters. The Morgan fingerprint density at radius 3 is 3.03 bits per heavy atom. The molecule has 6 nitrogen and oxygen atoms in total. The van der Waals surface area contributed by atoms with Gasteiger partial charge in [0.15, 0.2) is 0 Å². The second-order valence-corrected chi connectivity index (χ2v) is 8.26. The predicted octanol–water partition coefficient (Wildman–Crippen LogP) is 3.98. The molecule has 1 aliphatic rings. The number of rotatable bonds is 10. The summed E-state index contributed by atoms with van der Waals surface area (Å²) in [5.74, 6) is 0.492. The van der Waals surface area contributed by atoms with Crippen LogP contribution in [0.3, 0.4) is 0 Å². The Balaban J connectivity index is 1.74. The van der Waals surface area contributed by atoms with Crippen molar-refractivity contribution >= 4 is 17.6 Å². The normalized spacial score (nSPS) is 19.2. The van der Waals surface area contributed by atoms with Gasteiger partial charge in [-0.15, -0.1) is 0 Å². The van der Waals surface area contributed by atoms with E-state index in [0.717, 1.165) is 38.0 Å². The standard InChI is InChI=1S/C22H36ClN3O3/c1-3-29-21(18-8-6-9-19(23)14-18)10-11-26(2)22(27)25-15-20(24)13-17-7-4-5-12-28-16-17/h6,8-9,14,17,20-21H,3-5,7,10-13,15-16,24H2,1-2H3,(H,25,27)/t17-,20+,21-/m1/s1. The van der Waals surface area contributed by atoms with Crippen LogP contribution in [0.2, 0.25) is 5.02 Å². The molecule has 164 valence electrons. The number of carbonyl (C=O) groups is 1. The van der Waals surface area contributed by atoms with Gasteiger partial charge in [0.1, 0.15) is 0 Å². The Bertz CT molecular complexity index is 609. The number of amides is 2. The van der Waals surface area contributed by atoms with Crippen LogP contribution in [0.25, 0.3) is 0 Å². The third kappa shape index (κ3) is 8.91. The van der Waals surface area contributed by atoms with Gasteiger partial charge in [-0.3, -0.25) is 0 Å². The Labute approximate surface area is 180 Å². The van der Waals surface area contributed by atoms with Crippen molar-refractivity contribution in [2.45, 2.75) is 51.2 Å². The lowest BCUT2D eigenvalue weighted by Gasteiger charge is -2.24. The van der Waals surface area contributed by atoms with Crippen molar-refractivity contribution in [2.24, 2.45) is 11.7 Å². The fourth-order valence-corrected chi connectivity index (χ4v) is 3.89. The summed E-state index contributed by atoms with van der Waals surface area (Å²) in [6.45, 7) is 5.26. The van der Waals surface area contributed by atoms with E-state index in [0.29, 0.717) is 37.1 Å². The summed E-state index contributed by atoms with van der Waals surface area (Å²) < 4.78 is 11.5. The van der Waals surface area contributed by atoms with Gasteiger partial charge in [0.2, 0.25) is 0 Å². The molecule has 29 heavy (non-hydrogen) atoms. The molecule has 0 aliphatic carbocycles. The number of nitrogens with zero attached hydrogens (tertiary/aromatic N) is 1. The van der Waals surface area contributed by atoms with Gasteiger partial charge in [-0.1, -0.05) is 30.2 Å². The number of ether oxygens (including phenoxy) is 2. The minimum atomic E-state index is -0.112. The van der Waals surface area contributed by atoms with Gasteiger partial charge in [-0.05, 0) is 56.2 Å². The van der Waals surface area contributed by atoms with E-state index < -0.39 is 0 Å². The van der Waals surface area contributed by atoms with Crippen molar-refractivity contribution in [2.75, 3.05) is 40.0 Å². The molecule has 3 atom stereocenters. The van der Waals surface area contributed by atoms with Gasteiger partial charge in [0.25, 0.3) is 0 Å². The molecule has 1 aromatic rings. The van der Waals surface area contributed by atoms with Crippen molar-refractivity contribution in [3.8, 4) is 0 Å². The summed E-state index contributed by atoms with van der Waals surface area (Å²) in [7, 11) is 1.79. The molecule has 0 saturated carbocycles. The second-order valence-electron chi connectivity index (χ2n) is 7.83. The topological polar surface area (TPSA) is 76.8 Å². The largest absolute Gasteiger partial charge is 0.381 e. The Morgan fingerprint density at radius 2 is 2.28 bits per heavy atom. The Kier molecular flexibility index (Phi) is 10.8. The highest BCUT2D eigenvalue weighted by Gasteiger charge is 2.19. The summed E-state index contributed by atoms with van der Waals surface area (Å²) in [6, 6.07) is 7.51. The molecular formula is C22H36ClN3O3. The number of nitrogens with one attached hydrogen (secondary N) is 1. The van der Waals surface area contributed by atoms with Gasteiger partial charge in [0.05, 0.1) is 6.10 Å². The van der Waals surface area contributed by atoms with E-state index in [9.17, 15) is 4.79 Å². The molecule has 1 fully saturated rings. The van der Waals surface area contributed by atoms with Gasteiger partial charge < -0.3 is 25.4 Å². The first kappa shape index (κ1) is 23.9. The third-order valence-electron chi connectivity index (χ3n) is 5.32. The fourth-order valence-electron chi connectivity index (χ4n) is 3.69. The number of nitrogens with two attached hydrogens (primary N) is 1. The number of hydrogen-bond donors (Lipinski definition) is 2. The monoisotopic (exact) mass is 425 g/mol. The highest BCUT2D eigenvalue weighted by atomic mass is 35.5. The van der Waals surface area contributed by atoms with Crippen LogP contribution in [-0.2, 0) is 9.47 Å². The zero-order valence-electron chi connectivity index (χ0n) is 17.7. The molecule has 0 bridgehead atoms. The molecular weight excluding hydrogens is 390 g/mol. The number of benzene rings is 1. The van der Waals surface area contributed by atoms with Gasteiger partial charge in [-0.25, -0.2) is 4.79 Å². The predicted molar refractivity (Wildman–Crippen MR) is 117 cm³/mol. The van der Waals surface area contributed by atoms with Crippen molar-refractivity contribution in [1.82, 2.24) is 10.2 Å². The van der Waals surface area contributed by atoms with E-state index in [4.69, 9.17) is 26.8 Å². The minimum Gasteiger partial charge on any atom is -0.381 e. The summed E-state index contributed by atoms with van der Waals surface area (Å²) in [4.78, 5) is 14.1. The summed E-state index contributed by atoms with van der Waals surface area (Å²) >= 11 is 6.10. The van der Waals surface area contributed by atoms with Gasteiger partial charge >= 0.3 is 6.03 Å². The maximum Gasteiger partial charge on any atom is 0.317 e. The smallest absolute Gasteiger partial charge is 0.317 e. The van der Waals surface area contributed by atoms with Crippen molar-refractivity contribution < 1.29 is 14.3 Å². The van der Waals surface area contributed by atoms with E-state index in [-0.39, 0.29) is 18.2 Å². The average Bonchev–Trinajstić information content (AvgIpc) is 2.97. The zero-order chi connectivity index (χ0) is 21.1. The molecule has 2 rings (SSSR count). The molecule has 3 N–H and O–H groups in total. The Morgan fingerprint density at radius 1 is 1.45 bits per heavy atom.